The van der Waals surface area contributed by atoms with E-state index in [1.807, 2.05) is 0 Å². The second-order valence-corrected chi connectivity index (χ2v) is 63.3. The van der Waals surface area contributed by atoms with Crippen molar-refractivity contribution < 1.29 is 4.12 Å². The third-order valence-electron chi connectivity index (χ3n) is 3.89. The first kappa shape index (κ1) is 20.3. The second kappa shape index (κ2) is 5.81. The first-order chi connectivity index (χ1) is 7.96. The lowest BCUT2D eigenvalue weighted by molar-refractivity contribution is 0.645. The molecule has 0 aromatic carbocycles. The summed E-state index contributed by atoms with van der Waals surface area (Å²) in [4.78, 5) is 0. The zero-order valence-electron chi connectivity index (χ0n) is 15.6. The van der Waals surface area contributed by atoms with Gasteiger partial charge in [-0.15, -0.1) is 0 Å². The Labute approximate surface area is 129 Å². The minimum atomic E-state index is -1.50. The molecule has 0 aliphatic rings. The van der Waals surface area contributed by atoms with Crippen LogP contribution in [0.5, 0.6) is 0 Å². The number of hydrogen-bond acceptors (Lipinski definition) is 1. The summed E-state index contributed by atoms with van der Waals surface area (Å²) in [6.45, 7) is 29.6. The molecule has 0 aromatic heterocycles. The summed E-state index contributed by atoms with van der Waals surface area (Å²) in [5.74, 6) is 0. The fourth-order valence-electron chi connectivity index (χ4n) is 4.35. The molecule has 0 spiro atoms. The van der Waals surface area contributed by atoms with Crippen LogP contribution in [-0.4, -0.2) is 46.5 Å². The Hall–Kier alpha value is 1.26. The van der Waals surface area contributed by atoms with E-state index in [2.05, 4.69) is 78.6 Å². The molecule has 0 heterocycles. The quantitative estimate of drug-likeness (QED) is 0.642. The summed E-state index contributed by atoms with van der Waals surface area (Å²) in [5.41, 5.74) is 0. The summed E-state index contributed by atoms with van der Waals surface area (Å²) in [5, 5.41) is 0. The van der Waals surface area contributed by atoms with Crippen LogP contribution in [0.1, 0.15) is 0 Å². The van der Waals surface area contributed by atoms with E-state index in [4.69, 9.17) is 4.12 Å². The van der Waals surface area contributed by atoms with Crippen molar-refractivity contribution in [3.05, 3.63) is 0 Å². The maximum absolute atomic E-state index is 7.21. The molecule has 0 aliphatic carbocycles. The molecule has 0 amide bonds. The summed E-state index contributed by atoms with van der Waals surface area (Å²) in [6, 6.07) is 0. The Morgan fingerprint density at radius 1 is 0.526 bits per heavy atom. The predicted octanol–water partition coefficient (Wildman–Crippen LogP) is 4.12. The minimum absolute atomic E-state index is 0.289. The van der Waals surface area contributed by atoms with Gasteiger partial charge in [0.15, 0.2) is 0 Å². The van der Waals surface area contributed by atoms with E-state index in [-0.39, 0.29) is 9.28 Å². The van der Waals surface area contributed by atoms with Gasteiger partial charge in [0.1, 0.15) is 16.2 Å². The van der Waals surface area contributed by atoms with E-state index in [1.54, 1.807) is 0 Å². The third-order valence-corrected chi connectivity index (χ3v) is 80.7. The molecule has 0 aromatic rings. The average Bonchev–Trinajstić information content (AvgIpc) is 1.92. The van der Waals surface area contributed by atoms with E-state index >= 15 is 0 Å². The van der Waals surface area contributed by atoms with Gasteiger partial charge in [0, 0.05) is 0 Å². The second-order valence-electron chi connectivity index (χ2n) is 10.3. The molecule has 0 N–H and O–H groups in total. The van der Waals surface area contributed by atoms with Gasteiger partial charge in [-0.25, -0.2) is 0 Å². The van der Waals surface area contributed by atoms with Crippen LogP contribution in [0.25, 0.3) is 0 Å². The van der Waals surface area contributed by atoms with E-state index in [9.17, 15) is 0 Å². The smallest absolute Gasteiger partial charge is 0.142 e. The lowest BCUT2D eigenvalue weighted by Gasteiger charge is -2.57. The van der Waals surface area contributed by atoms with E-state index < -0.39 is 37.2 Å². The molecule has 0 aliphatic heterocycles. The molecule has 0 atom stereocenters. The third kappa shape index (κ3) is 4.62. The van der Waals surface area contributed by atoms with E-state index in [0.717, 1.165) is 0 Å². The van der Waals surface area contributed by atoms with Gasteiger partial charge in [-0.3, -0.25) is 0 Å². The van der Waals surface area contributed by atoms with Gasteiger partial charge >= 0.3 is 0 Å². The zero-order chi connectivity index (χ0) is 15.9. The molecule has 0 fully saturated rings. The van der Waals surface area contributed by atoms with Crippen LogP contribution >= 0.6 is 0 Å². The van der Waals surface area contributed by atoms with Crippen LogP contribution in [0.3, 0.4) is 0 Å². The highest BCUT2D eigenvalue weighted by Crippen LogP contribution is 2.37. The SMILES string of the molecule is C[Si](C)(C)[SiH2]O[Si]([Si](C)(C)C)([Si](C)(C)C)[Si](C)(C)C. The van der Waals surface area contributed by atoms with Gasteiger partial charge in [-0.2, -0.15) is 0 Å². The molecule has 0 saturated heterocycles. The fourth-order valence-corrected chi connectivity index (χ4v) is 123. The highest BCUT2D eigenvalue weighted by Gasteiger charge is 2.63. The Balaban J connectivity index is 5.83. The molecular weight excluding hydrogens is 329 g/mol. The lowest BCUT2D eigenvalue weighted by Crippen LogP contribution is -2.85. The normalized spacial score (nSPS) is 16.4. The van der Waals surface area contributed by atoms with Crippen LogP contribution in [0, 0.1) is 0 Å². The number of hydrogen-bond donors (Lipinski definition) is 0. The number of rotatable bonds is 6. The van der Waals surface area contributed by atoms with Gasteiger partial charge < -0.3 is 4.12 Å². The van der Waals surface area contributed by atoms with E-state index in [1.165, 1.54) is 0 Å². The van der Waals surface area contributed by atoms with Crippen LogP contribution in [0.4, 0.5) is 0 Å². The Morgan fingerprint density at radius 2 is 0.789 bits per heavy atom. The molecule has 0 unspecified atom stereocenters. The minimum Gasteiger partial charge on any atom is -0.469 e. The molecular formula is C12H38OSi6. The highest BCUT2D eigenvalue weighted by molar-refractivity contribution is 7.87. The van der Waals surface area contributed by atoms with Crippen LogP contribution in [0.2, 0.25) is 78.6 Å². The zero-order valence-corrected chi connectivity index (χ0v) is 22.0. The molecule has 0 radical (unpaired) electrons. The summed E-state index contributed by atoms with van der Waals surface area (Å²) in [7, 11) is -4.91. The summed E-state index contributed by atoms with van der Waals surface area (Å²) < 4.78 is 7.21. The average molecular weight is 367 g/mol. The van der Waals surface area contributed by atoms with Gasteiger partial charge in [0.25, 0.3) is 0 Å². The van der Waals surface area contributed by atoms with Gasteiger partial charge in [-0.05, 0) is 0 Å². The van der Waals surface area contributed by atoms with Gasteiger partial charge in [0.05, 0.1) is 30.4 Å². The topological polar surface area (TPSA) is 9.23 Å². The standard InChI is InChI=1S/C12H38OSi6/c1-15(2,3)14-13-19(16(4,5)6,17(7,8)9)18(10,11)12/h14H2,1-12H3. The van der Waals surface area contributed by atoms with Crippen LogP contribution < -0.4 is 0 Å². The fraction of sp³-hybridized carbons (Fsp3) is 1.00. The summed E-state index contributed by atoms with van der Waals surface area (Å²) >= 11 is 0. The molecule has 0 bridgehead atoms. The monoisotopic (exact) mass is 366 g/mol. The van der Waals surface area contributed by atoms with Crippen molar-refractivity contribution >= 4 is 46.5 Å². The van der Waals surface area contributed by atoms with Crippen molar-refractivity contribution in [1.82, 2.24) is 0 Å². The highest BCUT2D eigenvalue weighted by atomic mass is 29.9. The van der Waals surface area contributed by atoms with Crippen molar-refractivity contribution in [1.29, 1.82) is 0 Å². The Kier molecular flexibility index (Phi) is 6.19. The molecule has 116 valence electrons. The molecule has 19 heavy (non-hydrogen) atoms. The Morgan fingerprint density at radius 3 is 0.947 bits per heavy atom. The maximum Gasteiger partial charge on any atom is 0.142 e. The first-order valence-corrected chi connectivity index (χ1v) is 29.4. The Bertz CT molecular complexity index is 266. The lowest BCUT2D eigenvalue weighted by atomic mass is 11.8. The molecule has 0 rings (SSSR count). The van der Waals surface area contributed by atoms with Crippen molar-refractivity contribution in [3.8, 4) is 0 Å². The molecule has 7 heteroatoms. The van der Waals surface area contributed by atoms with Crippen molar-refractivity contribution in [2.24, 2.45) is 0 Å². The van der Waals surface area contributed by atoms with Crippen molar-refractivity contribution in [2.75, 3.05) is 0 Å². The maximum atomic E-state index is 7.21. The predicted molar refractivity (Wildman–Crippen MR) is 109 cm³/mol. The first-order valence-electron chi connectivity index (χ1n) is 7.60. The summed E-state index contributed by atoms with van der Waals surface area (Å²) in [6.07, 6.45) is 0. The van der Waals surface area contributed by atoms with E-state index in [0.29, 0.717) is 0 Å². The van der Waals surface area contributed by atoms with Gasteiger partial charge in [-0.1, -0.05) is 78.6 Å². The van der Waals surface area contributed by atoms with Crippen LogP contribution in [-0.2, 0) is 4.12 Å². The van der Waals surface area contributed by atoms with Crippen molar-refractivity contribution in [3.63, 3.8) is 0 Å². The van der Waals surface area contributed by atoms with Gasteiger partial charge in [0.2, 0.25) is 0 Å². The molecule has 0 saturated carbocycles. The largest absolute Gasteiger partial charge is 0.469 e. The van der Waals surface area contributed by atoms with Crippen LogP contribution in [0.15, 0.2) is 0 Å². The molecule has 1 nitrogen and oxygen atoms in total. The van der Waals surface area contributed by atoms with Crippen molar-refractivity contribution in [2.45, 2.75) is 78.6 Å².